The molecular formula is C15H22N2O3. The molecule has 0 radical (unpaired) electrons. The number of aliphatic hydroxyl groups excluding tert-OH is 1. The molecule has 0 spiro atoms. The Bertz CT molecular complexity index is 476. The summed E-state index contributed by atoms with van der Waals surface area (Å²) in [6, 6.07) is 5.74. The summed E-state index contributed by atoms with van der Waals surface area (Å²) in [6.07, 6.45) is 1.25. The predicted octanol–water partition coefficient (Wildman–Crippen LogP) is 1.67. The number of nitrogens with zero attached hydrogens (tertiary/aromatic N) is 1. The molecule has 1 heterocycles. The van der Waals surface area contributed by atoms with Crippen LogP contribution in [-0.2, 0) is 6.54 Å². The van der Waals surface area contributed by atoms with E-state index in [2.05, 4.69) is 5.32 Å². The highest BCUT2D eigenvalue weighted by molar-refractivity contribution is 5.74. The summed E-state index contributed by atoms with van der Waals surface area (Å²) >= 11 is 0. The van der Waals surface area contributed by atoms with Crippen molar-refractivity contribution in [2.45, 2.75) is 32.4 Å². The van der Waals surface area contributed by atoms with Gasteiger partial charge in [0, 0.05) is 19.6 Å². The first-order valence-electron chi connectivity index (χ1n) is 6.94. The number of carbonyl (C=O) groups is 1. The average molecular weight is 278 g/mol. The quantitative estimate of drug-likeness (QED) is 0.884. The maximum absolute atomic E-state index is 12.0. The molecule has 0 aliphatic carbocycles. The summed E-state index contributed by atoms with van der Waals surface area (Å²) in [5, 5.41) is 12.5. The summed E-state index contributed by atoms with van der Waals surface area (Å²) < 4.78 is 5.21. The standard InChI is InChI=1S/C15H22N2O3/c1-11-8-12(5-6-14(11)20-2)9-16-15(19)17-7-3-4-13(18)10-17/h5-6,8,13,18H,3-4,7,9-10H2,1-2H3,(H,16,19). The van der Waals surface area contributed by atoms with Gasteiger partial charge < -0.3 is 20.1 Å². The number of piperidine rings is 1. The number of aryl methyl sites for hydroxylation is 1. The van der Waals surface area contributed by atoms with Crippen molar-refractivity contribution in [2.24, 2.45) is 0 Å². The minimum Gasteiger partial charge on any atom is -0.496 e. The Morgan fingerprint density at radius 1 is 1.55 bits per heavy atom. The number of urea groups is 1. The largest absolute Gasteiger partial charge is 0.496 e. The van der Waals surface area contributed by atoms with Crippen LogP contribution in [0, 0.1) is 6.92 Å². The fourth-order valence-corrected chi connectivity index (χ4v) is 2.48. The predicted molar refractivity (Wildman–Crippen MR) is 76.8 cm³/mol. The van der Waals surface area contributed by atoms with E-state index in [1.54, 1.807) is 12.0 Å². The van der Waals surface area contributed by atoms with Gasteiger partial charge in [0.15, 0.2) is 0 Å². The highest BCUT2D eigenvalue weighted by Gasteiger charge is 2.21. The Morgan fingerprint density at radius 2 is 2.35 bits per heavy atom. The van der Waals surface area contributed by atoms with E-state index in [9.17, 15) is 9.90 Å². The van der Waals surface area contributed by atoms with Crippen molar-refractivity contribution < 1.29 is 14.6 Å². The van der Waals surface area contributed by atoms with Gasteiger partial charge in [-0.2, -0.15) is 0 Å². The lowest BCUT2D eigenvalue weighted by Crippen LogP contribution is -2.46. The minimum absolute atomic E-state index is 0.114. The number of ether oxygens (including phenoxy) is 1. The van der Waals surface area contributed by atoms with Crippen LogP contribution in [0.5, 0.6) is 5.75 Å². The molecule has 0 saturated carbocycles. The Labute approximate surface area is 119 Å². The summed E-state index contributed by atoms with van der Waals surface area (Å²) in [7, 11) is 1.64. The molecular weight excluding hydrogens is 256 g/mol. The van der Waals surface area contributed by atoms with E-state index in [4.69, 9.17) is 4.74 Å². The molecule has 1 saturated heterocycles. The number of nitrogens with one attached hydrogen (secondary N) is 1. The number of aliphatic hydroxyl groups is 1. The highest BCUT2D eigenvalue weighted by Crippen LogP contribution is 2.18. The van der Waals surface area contributed by atoms with Crippen LogP contribution in [0.4, 0.5) is 4.79 Å². The normalized spacial score (nSPS) is 18.8. The summed E-state index contributed by atoms with van der Waals surface area (Å²) in [4.78, 5) is 13.7. The molecule has 1 aliphatic rings. The molecule has 1 aromatic rings. The van der Waals surface area contributed by atoms with E-state index in [0.717, 1.165) is 29.7 Å². The van der Waals surface area contributed by atoms with Crippen LogP contribution in [0.3, 0.4) is 0 Å². The van der Waals surface area contributed by atoms with Crippen molar-refractivity contribution >= 4 is 6.03 Å². The number of methoxy groups -OCH3 is 1. The van der Waals surface area contributed by atoms with Crippen molar-refractivity contribution in [3.05, 3.63) is 29.3 Å². The van der Waals surface area contributed by atoms with Crippen molar-refractivity contribution in [1.82, 2.24) is 10.2 Å². The van der Waals surface area contributed by atoms with E-state index in [1.807, 2.05) is 25.1 Å². The van der Waals surface area contributed by atoms with E-state index >= 15 is 0 Å². The van der Waals surface area contributed by atoms with Crippen LogP contribution < -0.4 is 10.1 Å². The van der Waals surface area contributed by atoms with Gasteiger partial charge in [-0.25, -0.2) is 4.79 Å². The number of carbonyl (C=O) groups excluding carboxylic acids is 1. The van der Waals surface area contributed by atoms with Crippen LogP contribution in [0.15, 0.2) is 18.2 Å². The van der Waals surface area contributed by atoms with Gasteiger partial charge in [-0.15, -0.1) is 0 Å². The summed E-state index contributed by atoms with van der Waals surface area (Å²) in [5.74, 6) is 0.847. The second kappa shape index (κ2) is 6.61. The van der Waals surface area contributed by atoms with Gasteiger partial charge in [0.25, 0.3) is 0 Å². The van der Waals surface area contributed by atoms with Gasteiger partial charge in [-0.1, -0.05) is 12.1 Å². The average Bonchev–Trinajstić information content (AvgIpc) is 2.45. The van der Waals surface area contributed by atoms with Crippen LogP contribution in [0.2, 0.25) is 0 Å². The van der Waals surface area contributed by atoms with Gasteiger partial charge in [0.05, 0.1) is 13.2 Å². The van der Waals surface area contributed by atoms with Crippen LogP contribution in [0.25, 0.3) is 0 Å². The molecule has 1 atom stereocenters. The maximum atomic E-state index is 12.0. The van der Waals surface area contributed by atoms with Crippen molar-refractivity contribution in [2.75, 3.05) is 20.2 Å². The zero-order valence-electron chi connectivity index (χ0n) is 12.1. The smallest absolute Gasteiger partial charge is 0.317 e. The van der Waals surface area contributed by atoms with E-state index in [1.165, 1.54) is 0 Å². The van der Waals surface area contributed by atoms with Crippen molar-refractivity contribution in [3.63, 3.8) is 0 Å². The Kier molecular flexibility index (Phi) is 4.84. The molecule has 2 N–H and O–H groups in total. The number of hydrogen-bond acceptors (Lipinski definition) is 3. The molecule has 1 unspecified atom stereocenters. The maximum Gasteiger partial charge on any atom is 0.317 e. The molecule has 5 heteroatoms. The third-order valence-electron chi connectivity index (χ3n) is 3.59. The molecule has 2 rings (SSSR count). The van der Waals surface area contributed by atoms with Gasteiger partial charge in [-0.3, -0.25) is 0 Å². The second-order valence-electron chi connectivity index (χ2n) is 5.20. The molecule has 1 fully saturated rings. The first-order chi connectivity index (χ1) is 9.60. The van der Waals surface area contributed by atoms with Crippen LogP contribution in [-0.4, -0.2) is 42.3 Å². The molecule has 110 valence electrons. The van der Waals surface area contributed by atoms with Crippen molar-refractivity contribution in [3.8, 4) is 5.75 Å². The zero-order valence-corrected chi connectivity index (χ0v) is 12.1. The molecule has 2 amide bonds. The fourth-order valence-electron chi connectivity index (χ4n) is 2.48. The van der Waals surface area contributed by atoms with E-state index < -0.39 is 6.10 Å². The van der Waals surface area contributed by atoms with Crippen molar-refractivity contribution in [1.29, 1.82) is 0 Å². The molecule has 5 nitrogen and oxygen atoms in total. The number of benzene rings is 1. The third kappa shape index (κ3) is 3.63. The number of rotatable bonds is 3. The first-order valence-corrected chi connectivity index (χ1v) is 6.94. The Hall–Kier alpha value is -1.75. The monoisotopic (exact) mass is 278 g/mol. The zero-order chi connectivity index (χ0) is 14.5. The summed E-state index contributed by atoms with van der Waals surface area (Å²) in [6.45, 7) is 3.60. The SMILES string of the molecule is COc1ccc(CNC(=O)N2CCCC(O)C2)cc1C. The topological polar surface area (TPSA) is 61.8 Å². The summed E-state index contributed by atoms with van der Waals surface area (Å²) in [5.41, 5.74) is 2.09. The van der Waals surface area contributed by atoms with Crippen LogP contribution in [0.1, 0.15) is 24.0 Å². The van der Waals surface area contributed by atoms with Gasteiger partial charge in [-0.05, 0) is 37.0 Å². The molecule has 0 aromatic heterocycles. The molecule has 1 aliphatic heterocycles. The lowest BCUT2D eigenvalue weighted by Gasteiger charge is -2.30. The van der Waals surface area contributed by atoms with Gasteiger partial charge in [0.2, 0.25) is 0 Å². The number of likely N-dealkylation sites (tertiary alicyclic amines) is 1. The lowest BCUT2D eigenvalue weighted by molar-refractivity contribution is 0.0842. The second-order valence-corrected chi connectivity index (χ2v) is 5.20. The van der Waals surface area contributed by atoms with Gasteiger partial charge in [0.1, 0.15) is 5.75 Å². The third-order valence-corrected chi connectivity index (χ3v) is 3.59. The Balaban J connectivity index is 1.88. The number of amides is 2. The Morgan fingerprint density at radius 3 is 3.00 bits per heavy atom. The van der Waals surface area contributed by atoms with E-state index in [-0.39, 0.29) is 6.03 Å². The molecule has 20 heavy (non-hydrogen) atoms. The molecule has 1 aromatic carbocycles. The number of hydrogen-bond donors (Lipinski definition) is 2. The number of β-amino-alcohol motifs (C(OH)–C–C–N with tert-alkyl or cyclic N) is 1. The van der Waals surface area contributed by atoms with Gasteiger partial charge >= 0.3 is 6.03 Å². The highest BCUT2D eigenvalue weighted by atomic mass is 16.5. The van der Waals surface area contributed by atoms with E-state index in [0.29, 0.717) is 19.6 Å². The first kappa shape index (κ1) is 14.7. The molecule has 0 bridgehead atoms. The van der Waals surface area contributed by atoms with Crippen LogP contribution >= 0.6 is 0 Å². The lowest BCUT2D eigenvalue weighted by atomic mass is 10.1. The fraction of sp³-hybridized carbons (Fsp3) is 0.533. The minimum atomic E-state index is -0.391.